The van der Waals surface area contributed by atoms with Gasteiger partial charge >= 0.3 is 0 Å². The number of aromatic nitrogens is 1. The molecule has 2 saturated heterocycles. The molecule has 0 radical (unpaired) electrons. The maximum atomic E-state index is 5.56. The fraction of sp³-hybridized carbons (Fsp3) is 0.727. The number of nitrogens with one attached hydrogen (secondary N) is 2. The van der Waals surface area contributed by atoms with Crippen molar-refractivity contribution in [3.05, 3.63) is 30.1 Å². The summed E-state index contributed by atoms with van der Waals surface area (Å²) in [5, 5.41) is 7.09. The summed E-state index contributed by atoms with van der Waals surface area (Å²) < 4.78 is 5.56. The van der Waals surface area contributed by atoms with Gasteiger partial charge in [0.15, 0.2) is 5.96 Å². The van der Waals surface area contributed by atoms with Crippen molar-refractivity contribution in [3.8, 4) is 0 Å². The molecule has 1 aromatic heterocycles. The van der Waals surface area contributed by atoms with Crippen LogP contribution >= 0.6 is 24.0 Å². The standard InChI is InChI=1S/C22H38N6O.HI/c1-4-23-22(25-15-18(2)28-13-14-29-17-19(28)3)26-20-8-11-27(12-9-20)16-21-7-5-6-10-24-21;/h5-7,10,18-20H,4,8-9,11-17H2,1-3H3,(H2,23,25,26);1H. The summed E-state index contributed by atoms with van der Waals surface area (Å²) in [6.07, 6.45) is 4.14. The Hall–Kier alpha value is -0.970. The highest BCUT2D eigenvalue weighted by Gasteiger charge is 2.24. The van der Waals surface area contributed by atoms with E-state index >= 15 is 0 Å². The van der Waals surface area contributed by atoms with Crippen LogP contribution in [0.2, 0.25) is 0 Å². The topological polar surface area (TPSA) is 65.0 Å². The Balaban J connectivity index is 0.00000320. The monoisotopic (exact) mass is 530 g/mol. The maximum absolute atomic E-state index is 5.56. The van der Waals surface area contributed by atoms with Crippen LogP contribution < -0.4 is 10.6 Å². The number of nitrogens with zero attached hydrogens (tertiary/aromatic N) is 4. The molecule has 170 valence electrons. The van der Waals surface area contributed by atoms with E-state index in [9.17, 15) is 0 Å². The Morgan fingerprint density at radius 1 is 1.30 bits per heavy atom. The summed E-state index contributed by atoms with van der Waals surface area (Å²) in [5.41, 5.74) is 1.15. The third-order valence-corrected chi connectivity index (χ3v) is 5.88. The van der Waals surface area contributed by atoms with Crippen LogP contribution in [0.3, 0.4) is 0 Å². The van der Waals surface area contributed by atoms with Gasteiger partial charge in [0.2, 0.25) is 0 Å². The van der Waals surface area contributed by atoms with Gasteiger partial charge in [-0.25, -0.2) is 0 Å². The number of hydrogen-bond donors (Lipinski definition) is 2. The van der Waals surface area contributed by atoms with Crippen LogP contribution in [0.5, 0.6) is 0 Å². The highest BCUT2D eigenvalue weighted by atomic mass is 127. The van der Waals surface area contributed by atoms with Gasteiger partial charge in [-0.05, 0) is 45.7 Å². The molecule has 0 amide bonds. The van der Waals surface area contributed by atoms with Gasteiger partial charge in [-0.3, -0.25) is 19.8 Å². The first-order valence-corrected chi connectivity index (χ1v) is 11.2. The van der Waals surface area contributed by atoms with Gasteiger partial charge in [0, 0.05) is 57.0 Å². The molecule has 7 nitrogen and oxygen atoms in total. The molecule has 2 atom stereocenters. The Kier molecular flexibility index (Phi) is 11.3. The molecule has 30 heavy (non-hydrogen) atoms. The van der Waals surface area contributed by atoms with Crippen molar-refractivity contribution >= 4 is 29.9 Å². The average Bonchev–Trinajstić information content (AvgIpc) is 2.74. The number of ether oxygens (including phenoxy) is 1. The van der Waals surface area contributed by atoms with Gasteiger partial charge in [0.05, 0.1) is 25.5 Å². The number of guanidine groups is 1. The minimum Gasteiger partial charge on any atom is -0.379 e. The zero-order valence-corrected chi connectivity index (χ0v) is 21.0. The van der Waals surface area contributed by atoms with Crippen molar-refractivity contribution in [2.75, 3.05) is 45.9 Å². The summed E-state index contributed by atoms with van der Waals surface area (Å²) in [7, 11) is 0. The van der Waals surface area contributed by atoms with E-state index in [2.05, 4.69) is 58.3 Å². The molecule has 2 N–H and O–H groups in total. The lowest BCUT2D eigenvalue weighted by Gasteiger charge is -2.37. The summed E-state index contributed by atoms with van der Waals surface area (Å²) in [6, 6.07) is 7.51. The lowest BCUT2D eigenvalue weighted by molar-refractivity contribution is -0.0165. The Bertz CT molecular complexity index is 623. The second kappa shape index (κ2) is 13.4. The van der Waals surface area contributed by atoms with E-state index in [1.165, 1.54) is 0 Å². The van der Waals surface area contributed by atoms with Gasteiger partial charge in [-0.15, -0.1) is 24.0 Å². The molecule has 3 rings (SSSR count). The number of morpholine rings is 1. The minimum atomic E-state index is 0. The van der Waals surface area contributed by atoms with E-state index in [0.717, 1.165) is 77.0 Å². The molecular weight excluding hydrogens is 491 g/mol. The normalized spacial score (nSPS) is 22.9. The van der Waals surface area contributed by atoms with Crippen LogP contribution in [-0.4, -0.2) is 84.8 Å². The number of rotatable bonds is 7. The molecule has 0 saturated carbocycles. The van der Waals surface area contributed by atoms with Crippen LogP contribution in [0, 0.1) is 0 Å². The molecule has 1 aromatic rings. The van der Waals surface area contributed by atoms with E-state index in [1.807, 2.05) is 12.3 Å². The van der Waals surface area contributed by atoms with Crippen molar-refractivity contribution in [2.24, 2.45) is 4.99 Å². The molecule has 0 aromatic carbocycles. The molecule has 2 fully saturated rings. The quantitative estimate of drug-likeness (QED) is 0.321. The minimum absolute atomic E-state index is 0. The predicted molar refractivity (Wildman–Crippen MR) is 134 cm³/mol. The Labute approximate surface area is 199 Å². The summed E-state index contributed by atoms with van der Waals surface area (Å²) in [6.45, 7) is 14.1. The van der Waals surface area contributed by atoms with Crippen molar-refractivity contribution in [1.82, 2.24) is 25.4 Å². The SMILES string of the molecule is CCNC(=NCC(C)N1CCOCC1C)NC1CCN(Cc2ccccn2)CC1.I. The molecule has 2 unspecified atom stereocenters. The van der Waals surface area contributed by atoms with Gasteiger partial charge < -0.3 is 15.4 Å². The molecule has 0 bridgehead atoms. The summed E-state index contributed by atoms with van der Waals surface area (Å²) >= 11 is 0. The van der Waals surface area contributed by atoms with Crippen LogP contribution in [0.15, 0.2) is 29.4 Å². The lowest BCUT2D eigenvalue weighted by atomic mass is 10.0. The molecule has 2 aliphatic rings. The average molecular weight is 530 g/mol. The second-order valence-electron chi connectivity index (χ2n) is 8.25. The van der Waals surface area contributed by atoms with Crippen LogP contribution in [-0.2, 0) is 11.3 Å². The zero-order valence-electron chi connectivity index (χ0n) is 18.7. The number of halogens is 1. The lowest BCUT2D eigenvalue weighted by Crippen LogP contribution is -2.51. The highest BCUT2D eigenvalue weighted by Crippen LogP contribution is 2.13. The number of piperidine rings is 1. The van der Waals surface area contributed by atoms with Crippen molar-refractivity contribution in [1.29, 1.82) is 0 Å². The third kappa shape index (κ3) is 7.94. The molecule has 0 spiro atoms. The molecule has 0 aliphatic carbocycles. The number of likely N-dealkylation sites (tertiary alicyclic amines) is 1. The zero-order chi connectivity index (χ0) is 20.5. The summed E-state index contributed by atoms with van der Waals surface area (Å²) in [4.78, 5) is 14.3. The Morgan fingerprint density at radius 3 is 2.77 bits per heavy atom. The van der Waals surface area contributed by atoms with Crippen molar-refractivity contribution in [2.45, 2.75) is 58.3 Å². The van der Waals surface area contributed by atoms with E-state index in [4.69, 9.17) is 9.73 Å². The number of pyridine rings is 1. The molecule has 2 aliphatic heterocycles. The van der Waals surface area contributed by atoms with Gasteiger partial charge in [-0.1, -0.05) is 6.07 Å². The number of aliphatic imine (C=N–C) groups is 1. The van der Waals surface area contributed by atoms with Gasteiger partial charge in [0.25, 0.3) is 0 Å². The fourth-order valence-corrected chi connectivity index (χ4v) is 4.19. The van der Waals surface area contributed by atoms with Gasteiger partial charge in [0.1, 0.15) is 0 Å². The van der Waals surface area contributed by atoms with Crippen molar-refractivity contribution < 1.29 is 4.74 Å². The first-order valence-electron chi connectivity index (χ1n) is 11.2. The molecule has 3 heterocycles. The van der Waals surface area contributed by atoms with E-state index in [-0.39, 0.29) is 24.0 Å². The maximum Gasteiger partial charge on any atom is 0.191 e. The molecular formula is C22H39IN6O. The Morgan fingerprint density at radius 2 is 2.10 bits per heavy atom. The predicted octanol–water partition coefficient (Wildman–Crippen LogP) is 2.33. The van der Waals surface area contributed by atoms with E-state index < -0.39 is 0 Å². The van der Waals surface area contributed by atoms with Crippen LogP contribution in [0.25, 0.3) is 0 Å². The number of hydrogen-bond acceptors (Lipinski definition) is 5. The summed E-state index contributed by atoms with van der Waals surface area (Å²) in [5.74, 6) is 0.948. The second-order valence-corrected chi connectivity index (χ2v) is 8.25. The van der Waals surface area contributed by atoms with E-state index in [0.29, 0.717) is 18.1 Å². The van der Waals surface area contributed by atoms with Crippen LogP contribution in [0.1, 0.15) is 39.3 Å². The largest absolute Gasteiger partial charge is 0.379 e. The molecule has 8 heteroatoms. The van der Waals surface area contributed by atoms with Gasteiger partial charge in [-0.2, -0.15) is 0 Å². The smallest absolute Gasteiger partial charge is 0.191 e. The first kappa shape index (κ1) is 25.3. The third-order valence-electron chi connectivity index (χ3n) is 5.88. The fourth-order valence-electron chi connectivity index (χ4n) is 4.19. The van der Waals surface area contributed by atoms with E-state index in [1.54, 1.807) is 0 Å². The first-order chi connectivity index (χ1) is 14.2. The van der Waals surface area contributed by atoms with Crippen molar-refractivity contribution in [3.63, 3.8) is 0 Å². The van der Waals surface area contributed by atoms with Crippen LogP contribution in [0.4, 0.5) is 0 Å². The highest BCUT2D eigenvalue weighted by molar-refractivity contribution is 14.0.